The number of hydrogen-bond acceptors (Lipinski definition) is 1. The number of rotatable bonds is 1. The number of carbonyl (C=O) groups is 1. The van der Waals surface area contributed by atoms with E-state index in [1.807, 2.05) is 0 Å². The number of piperidine rings is 1. The van der Waals surface area contributed by atoms with Gasteiger partial charge in [-0.05, 0) is 34.5 Å². The molecular weight excluding hydrogens is 330 g/mol. The molecule has 0 spiro atoms. The predicted molar refractivity (Wildman–Crippen MR) is 64.1 cm³/mol. The zero-order chi connectivity index (χ0) is 14.2. The molecule has 0 saturated carbocycles. The fraction of sp³-hybridized carbons (Fsp3) is 0.417. The van der Waals surface area contributed by atoms with Crippen LogP contribution in [-0.2, 0) is 0 Å². The number of nitrogens with zero attached hydrogens (tertiary/aromatic N) is 1. The van der Waals surface area contributed by atoms with Crippen LogP contribution in [0.5, 0.6) is 0 Å². The summed E-state index contributed by atoms with van der Waals surface area (Å²) >= 11 is 2.78. The second-order valence-electron chi connectivity index (χ2n) is 4.40. The second kappa shape index (κ2) is 5.11. The SMILES string of the molecule is O=C(c1c(F)ccc(F)c1Br)N1CCCC(F)(F)C1. The lowest BCUT2D eigenvalue weighted by molar-refractivity contribution is -0.0561. The van der Waals surface area contributed by atoms with Crippen molar-refractivity contribution >= 4 is 21.8 Å². The van der Waals surface area contributed by atoms with Crippen LogP contribution in [0.15, 0.2) is 16.6 Å². The Labute approximate surface area is 115 Å². The lowest BCUT2D eigenvalue weighted by atomic mass is 10.1. The molecule has 0 atom stereocenters. The van der Waals surface area contributed by atoms with Crippen LogP contribution in [0.1, 0.15) is 23.2 Å². The highest BCUT2D eigenvalue weighted by molar-refractivity contribution is 9.10. The molecule has 2 nitrogen and oxygen atoms in total. The summed E-state index contributed by atoms with van der Waals surface area (Å²) in [5.74, 6) is -5.66. The van der Waals surface area contributed by atoms with E-state index >= 15 is 0 Å². The van der Waals surface area contributed by atoms with E-state index in [2.05, 4.69) is 15.9 Å². The van der Waals surface area contributed by atoms with Crippen molar-refractivity contribution in [3.63, 3.8) is 0 Å². The summed E-state index contributed by atoms with van der Waals surface area (Å²) in [5, 5.41) is 0. The average Bonchev–Trinajstić information content (AvgIpc) is 2.33. The lowest BCUT2D eigenvalue weighted by Gasteiger charge is -2.32. The molecule has 1 aromatic carbocycles. The van der Waals surface area contributed by atoms with Crippen LogP contribution in [-0.4, -0.2) is 29.8 Å². The summed E-state index contributed by atoms with van der Waals surface area (Å²) < 4.78 is 53.0. The van der Waals surface area contributed by atoms with Crippen LogP contribution in [0.25, 0.3) is 0 Å². The van der Waals surface area contributed by atoms with Crippen molar-refractivity contribution in [2.45, 2.75) is 18.8 Å². The molecule has 104 valence electrons. The average molecular weight is 340 g/mol. The zero-order valence-electron chi connectivity index (χ0n) is 9.73. The quantitative estimate of drug-likeness (QED) is 0.565. The van der Waals surface area contributed by atoms with Gasteiger partial charge in [-0.15, -0.1) is 0 Å². The van der Waals surface area contributed by atoms with Crippen LogP contribution in [0.2, 0.25) is 0 Å². The first-order valence-corrected chi connectivity index (χ1v) is 6.42. The molecule has 0 aromatic heterocycles. The van der Waals surface area contributed by atoms with Gasteiger partial charge in [0.2, 0.25) is 0 Å². The molecule has 19 heavy (non-hydrogen) atoms. The first-order valence-electron chi connectivity index (χ1n) is 5.62. The van der Waals surface area contributed by atoms with Gasteiger partial charge in [-0.1, -0.05) is 0 Å². The topological polar surface area (TPSA) is 20.3 Å². The fourth-order valence-electron chi connectivity index (χ4n) is 2.02. The molecule has 1 aliphatic rings. The van der Waals surface area contributed by atoms with Crippen molar-refractivity contribution in [1.29, 1.82) is 0 Å². The summed E-state index contributed by atoms with van der Waals surface area (Å²) in [7, 11) is 0. The van der Waals surface area contributed by atoms with Gasteiger partial charge in [-0.25, -0.2) is 17.6 Å². The monoisotopic (exact) mass is 339 g/mol. The number of amides is 1. The summed E-state index contributed by atoms with van der Waals surface area (Å²) in [6.07, 6.45) is -0.170. The minimum atomic E-state index is -2.98. The Hall–Kier alpha value is -1.11. The molecule has 1 aromatic rings. The molecule has 0 unspecified atom stereocenters. The Morgan fingerprint density at radius 3 is 2.53 bits per heavy atom. The molecule has 1 fully saturated rings. The molecule has 0 aliphatic carbocycles. The summed E-state index contributed by atoms with van der Waals surface area (Å²) in [6.45, 7) is -0.662. The molecular formula is C12H10BrF4NO. The molecule has 0 N–H and O–H groups in total. The van der Waals surface area contributed by atoms with Gasteiger partial charge in [0.1, 0.15) is 11.6 Å². The van der Waals surface area contributed by atoms with E-state index in [-0.39, 0.29) is 23.9 Å². The van der Waals surface area contributed by atoms with Crippen molar-refractivity contribution in [2.75, 3.05) is 13.1 Å². The standard InChI is InChI=1S/C12H10BrF4NO/c13-10-8(15)3-2-7(14)9(10)11(19)18-5-1-4-12(16,17)6-18/h2-3H,1,4-6H2. The summed E-state index contributed by atoms with van der Waals surface area (Å²) in [6, 6.07) is 1.66. The van der Waals surface area contributed by atoms with Gasteiger partial charge in [0.05, 0.1) is 16.6 Å². The van der Waals surface area contributed by atoms with Crippen molar-refractivity contribution in [2.24, 2.45) is 0 Å². The Morgan fingerprint density at radius 1 is 1.26 bits per heavy atom. The molecule has 2 rings (SSSR count). The number of hydrogen-bond donors (Lipinski definition) is 0. The lowest BCUT2D eigenvalue weighted by Crippen LogP contribution is -2.46. The number of carbonyl (C=O) groups excluding carboxylic acids is 1. The number of likely N-dealkylation sites (tertiary alicyclic amines) is 1. The highest BCUT2D eigenvalue weighted by Gasteiger charge is 2.38. The fourth-order valence-corrected chi connectivity index (χ4v) is 2.51. The van der Waals surface area contributed by atoms with E-state index in [1.54, 1.807) is 0 Å². The van der Waals surface area contributed by atoms with Crippen LogP contribution in [0.4, 0.5) is 17.6 Å². The third-order valence-electron chi connectivity index (χ3n) is 2.94. The van der Waals surface area contributed by atoms with Gasteiger partial charge in [-0.3, -0.25) is 4.79 Å². The van der Waals surface area contributed by atoms with Crippen molar-refractivity contribution in [1.82, 2.24) is 4.90 Å². The van der Waals surface area contributed by atoms with Crippen molar-refractivity contribution in [3.8, 4) is 0 Å². The number of alkyl halides is 2. The van der Waals surface area contributed by atoms with Crippen LogP contribution in [0.3, 0.4) is 0 Å². The summed E-state index contributed by atoms with van der Waals surface area (Å²) in [4.78, 5) is 12.9. The van der Waals surface area contributed by atoms with Gasteiger partial charge >= 0.3 is 0 Å². The zero-order valence-corrected chi connectivity index (χ0v) is 11.3. The third kappa shape index (κ3) is 2.91. The smallest absolute Gasteiger partial charge is 0.265 e. The van der Waals surface area contributed by atoms with E-state index < -0.39 is 35.6 Å². The molecule has 1 heterocycles. The molecule has 0 bridgehead atoms. The molecule has 1 amide bonds. The Morgan fingerprint density at radius 2 is 1.89 bits per heavy atom. The van der Waals surface area contributed by atoms with Gasteiger partial charge in [-0.2, -0.15) is 0 Å². The van der Waals surface area contributed by atoms with Gasteiger partial charge < -0.3 is 4.90 Å². The second-order valence-corrected chi connectivity index (χ2v) is 5.20. The maximum absolute atomic E-state index is 13.6. The van der Waals surface area contributed by atoms with E-state index in [9.17, 15) is 22.4 Å². The molecule has 7 heteroatoms. The highest BCUT2D eigenvalue weighted by Crippen LogP contribution is 2.30. The Bertz CT molecular complexity index is 521. The maximum Gasteiger partial charge on any atom is 0.265 e. The van der Waals surface area contributed by atoms with Gasteiger partial charge in [0.25, 0.3) is 11.8 Å². The van der Waals surface area contributed by atoms with E-state index in [0.717, 1.165) is 17.0 Å². The van der Waals surface area contributed by atoms with Gasteiger partial charge in [0.15, 0.2) is 0 Å². The number of halogens is 5. The first kappa shape index (κ1) is 14.3. The van der Waals surface area contributed by atoms with Crippen molar-refractivity contribution < 1.29 is 22.4 Å². The summed E-state index contributed by atoms with van der Waals surface area (Å²) in [5.41, 5.74) is -0.544. The van der Waals surface area contributed by atoms with Gasteiger partial charge in [0, 0.05) is 13.0 Å². The molecule has 1 saturated heterocycles. The van der Waals surface area contributed by atoms with Crippen LogP contribution < -0.4 is 0 Å². The van der Waals surface area contributed by atoms with E-state index in [1.165, 1.54) is 0 Å². The minimum absolute atomic E-state index is 0.108. The predicted octanol–water partition coefficient (Wildman–Crippen LogP) is 3.60. The van der Waals surface area contributed by atoms with E-state index in [4.69, 9.17) is 0 Å². The van der Waals surface area contributed by atoms with E-state index in [0.29, 0.717) is 0 Å². The first-order chi connectivity index (χ1) is 8.82. The highest BCUT2D eigenvalue weighted by atomic mass is 79.9. The van der Waals surface area contributed by atoms with Crippen LogP contribution in [0, 0.1) is 11.6 Å². The van der Waals surface area contributed by atoms with Crippen molar-refractivity contribution in [3.05, 3.63) is 33.8 Å². The number of benzene rings is 1. The third-order valence-corrected chi connectivity index (χ3v) is 3.71. The molecule has 1 aliphatic heterocycles. The minimum Gasteiger partial charge on any atom is -0.332 e. The normalized spacial score (nSPS) is 18.5. The molecule has 0 radical (unpaired) electrons. The van der Waals surface area contributed by atoms with Crippen LogP contribution >= 0.6 is 15.9 Å². The Balaban J connectivity index is 2.32. The largest absolute Gasteiger partial charge is 0.332 e. The maximum atomic E-state index is 13.6. The Kier molecular flexibility index (Phi) is 3.85.